The van der Waals surface area contributed by atoms with Gasteiger partial charge < -0.3 is 10.6 Å². The summed E-state index contributed by atoms with van der Waals surface area (Å²) in [5, 5.41) is 25.9. The monoisotopic (exact) mass is 546 g/mol. The van der Waals surface area contributed by atoms with E-state index in [4.69, 9.17) is 23.2 Å². The van der Waals surface area contributed by atoms with Crippen LogP contribution >= 0.6 is 35.0 Å². The Balaban J connectivity index is 1.52. The first-order chi connectivity index (χ1) is 17.3. The predicted octanol–water partition coefficient (Wildman–Crippen LogP) is 6.24. The summed E-state index contributed by atoms with van der Waals surface area (Å²) in [6, 6.07) is 16.0. The van der Waals surface area contributed by atoms with E-state index in [9.17, 15) is 19.3 Å². The Kier molecular flexibility index (Phi) is 8.04. The van der Waals surface area contributed by atoms with Gasteiger partial charge in [-0.2, -0.15) is 0 Å². The normalized spacial score (nSPS) is 10.8. The number of hydrogen-bond donors (Lipinski definition) is 2. The fourth-order valence-electron chi connectivity index (χ4n) is 3.14. The Morgan fingerprint density at radius 1 is 1.06 bits per heavy atom. The van der Waals surface area contributed by atoms with E-state index >= 15 is 0 Å². The molecule has 0 radical (unpaired) electrons. The van der Waals surface area contributed by atoms with Crippen molar-refractivity contribution < 1.29 is 14.1 Å². The molecule has 184 valence electrons. The van der Waals surface area contributed by atoms with Gasteiger partial charge >= 0.3 is 6.03 Å². The number of urea groups is 1. The van der Waals surface area contributed by atoms with E-state index in [0.717, 1.165) is 5.56 Å². The SMILES string of the molecule is O=C(NCc1nnc(SCc2ccc(F)cc2)n1-c1cc(Cl)ccc1Cl)Nc1ccc([N+](=O)[O-])cc1. The van der Waals surface area contributed by atoms with Crippen molar-refractivity contribution >= 4 is 52.4 Å². The minimum atomic E-state index is -0.545. The molecule has 2 N–H and O–H groups in total. The second-order valence-electron chi connectivity index (χ2n) is 7.36. The van der Waals surface area contributed by atoms with Crippen LogP contribution in [0.2, 0.25) is 10.0 Å². The predicted molar refractivity (Wildman–Crippen MR) is 136 cm³/mol. The highest BCUT2D eigenvalue weighted by Gasteiger charge is 2.18. The summed E-state index contributed by atoms with van der Waals surface area (Å²) in [5.74, 6) is 0.558. The third-order valence-corrected chi connectivity index (χ3v) is 6.43. The fourth-order valence-corrected chi connectivity index (χ4v) is 4.43. The number of rotatable bonds is 8. The first kappa shape index (κ1) is 25.4. The van der Waals surface area contributed by atoms with E-state index in [1.165, 1.54) is 48.2 Å². The minimum absolute atomic E-state index is 0.00817. The zero-order valence-electron chi connectivity index (χ0n) is 18.3. The molecule has 0 saturated heterocycles. The highest BCUT2D eigenvalue weighted by atomic mass is 35.5. The van der Waals surface area contributed by atoms with Gasteiger partial charge in [0.25, 0.3) is 5.69 Å². The number of nitro benzene ring substituents is 1. The van der Waals surface area contributed by atoms with E-state index in [-0.39, 0.29) is 18.0 Å². The first-order valence-corrected chi connectivity index (χ1v) is 12.1. The van der Waals surface area contributed by atoms with Crippen LogP contribution in [0.15, 0.2) is 71.9 Å². The van der Waals surface area contributed by atoms with E-state index in [0.29, 0.717) is 38.2 Å². The van der Waals surface area contributed by atoms with E-state index < -0.39 is 11.0 Å². The number of halogens is 3. The van der Waals surface area contributed by atoms with Gasteiger partial charge in [-0.25, -0.2) is 9.18 Å². The van der Waals surface area contributed by atoms with Crippen LogP contribution in [-0.2, 0) is 12.3 Å². The van der Waals surface area contributed by atoms with E-state index in [2.05, 4.69) is 20.8 Å². The van der Waals surface area contributed by atoms with Gasteiger partial charge in [-0.1, -0.05) is 47.1 Å². The van der Waals surface area contributed by atoms with Crippen LogP contribution in [0.5, 0.6) is 0 Å². The molecule has 0 unspecified atom stereocenters. The number of nitro groups is 1. The molecular formula is C23H17Cl2FN6O3S. The molecular weight excluding hydrogens is 530 g/mol. The third kappa shape index (κ3) is 6.30. The number of nitrogens with zero attached hydrogens (tertiary/aromatic N) is 4. The summed E-state index contributed by atoms with van der Waals surface area (Å²) in [4.78, 5) is 22.7. The molecule has 0 aliphatic carbocycles. The van der Waals surface area contributed by atoms with Crippen LogP contribution in [0.4, 0.5) is 20.6 Å². The maximum absolute atomic E-state index is 13.2. The molecule has 1 heterocycles. The van der Waals surface area contributed by atoms with Crippen molar-refractivity contribution in [2.24, 2.45) is 0 Å². The van der Waals surface area contributed by atoms with Crippen molar-refractivity contribution in [3.05, 3.63) is 104 Å². The molecule has 0 atom stereocenters. The number of thioether (sulfide) groups is 1. The molecule has 2 amide bonds. The zero-order chi connectivity index (χ0) is 25.7. The topological polar surface area (TPSA) is 115 Å². The summed E-state index contributed by atoms with van der Waals surface area (Å²) in [7, 11) is 0. The maximum Gasteiger partial charge on any atom is 0.319 e. The Bertz CT molecular complexity index is 1400. The van der Waals surface area contributed by atoms with Gasteiger partial charge in [0.2, 0.25) is 0 Å². The van der Waals surface area contributed by atoms with Gasteiger partial charge in [0, 0.05) is 28.6 Å². The van der Waals surface area contributed by atoms with E-state index in [1.807, 2.05) is 0 Å². The highest BCUT2D eigenvalue weighted by Crippen LogP contribution is 2.31. The summed E-state index contributed by atoms with van der Waals surface area (Å²) < 4.78 is 14.9. The average Bonchev–Trinajstić information content (AvgIpc) is 3.26. The van der Waals surface area contributed by atoms with Gasteiger partial charge in [-0.05, 0) is 48.0 Å². The van der Waals surface area contributed by atoms with Crippen molar-refractivity contribution in [3.63, 3.8) is 0 Å². The molecule has 4 rings (SSSR count). The summed E-state index contributed by atoms with van der Waals surface area (Å²) in [5.41, 5.74) is 1.71. The lowest BCUT2D eigenvalue weighted by Crippen LogP contribution is -2.29. The molecule has 0 saturated carbocycles. The van der Waals surface area contributed by atoms with Crippen LogP contribution in [-0.4, -0.2) is 25.7 Å². The number of nitrogens with one attached hydrogen (secondary N) is 2. The lowest BCUT2D eigenvalue weighted by molar-refractivity contribution is -0.384. The van der Waals surface area contributed by atoms with Crippen molar-refractivity contribution in [2.45, 2.75) is 17.5 Å². The Morgan fingerprint density at radius 3 is 2.47 bits per heavy atom. The fraction of sp³-hybridized carbons (Fsp3) is 0.0870. The first-order valence-electron chi connectivity index (χ1n) is 10.4. The zero-order valence-corrected chi connectivity index (χ0v) is 20.6. The molecule has 0 fully saturated rings. The molecule has 13 heteroatoms. The van der Waals surface area contributed by atoms with Crippen LogP contribution in [0.25, 0.3) is 5.69 Å². The summed E-state index contributed by atoms with van der Waals surface area (Å²) in [6.45, 7) is -0.00817. The van der Waals surface area contributed by atoms with Crippen LogP contribution < -0.4 is 10.6 Å². The largest absolute Gasteiger partial charge is 0.331 e. The molecule has 3 aromatic carbocycles. The maximum atomic E-state index is 13.2. The number of aromatic nitrogens is 3. The molecule has 4 aromatic rings. The molecule has 36 heavy (non-hydrogen) atoms. The van der Waals surface area contributed by atoms with Gasteiger partial charge in [0.05, 0.1) is 22.2 Å². The molecule has 9 nitrogen and oxygen atoms in total. The molecule has 0 aliphatic rings. The lowest BCUT2D eigenvalue weighted by atomic mass is 10.2. The molecule has 0 aliphatic heterocycles. The number of non-ortho nitro benzene ring substituents is 1. The number of hydrogen-bond acceptors (Lipinski definition) is 6. The number of amides is 2. The van der Waals surface area contributed by atoms with Crippen LogP contribution in [0, 0.1) is 15.9 Å². The second-order valence-corrected chi connectivity index (χ2v) is 9.14. The molecule has 1 aromatic heterocycles. The third-order valence-electron chi connectivity index (χ3n) is 4.87. The standard InChI is InChI=1S/C23H17Cl2FN6O3S/c24-15-3-10-19(25)20(11-15)31-21(29-30-23(31)36-13-14-1-4-16(26)5-2-14)12-27-22(33)28-17-6-8-18(9-7-17)32(34)35/h1-11H,12-13H2,(H2,27,28,33). The highest BCUT2D eigenvalue weighted by molar-refractivity contribution is 7.98. The Morgan fingerprint density at radius 2 is 1.78 bits per heavy atom. The smallest absolute Gasteiger partial charge is 0.319 e. The van der Waals surface area contributed by atoms with Gasteiger partial charge in [-0.15, -0.1) is 10.2 Å². The van der Waals surface area contributed by atoms with Crippen molar-refractivity contribution in [1.29, 1.82) is 0 Å². The number of benzene rings is 3. The van der Waals surface area contributed by atoms with Crippen LogP contribution in [0.3, 0.4) is 0 Å². The van der Waals surface area contributed by atoms with Crippen molar-refractivity contribution in [3.8, 4) is 5.69 Å². The number of carbonyl (C=O) groups is 1. The van der Waals surface area contributed by atoms with E-state index in [1.54, 1.807) is 34.9 Å². The molecule has 0 bridgehead atoms. The summed E-state index contributed by atoms with van der Waals surface area (Å²) in [6.07, 6.45) is 0. The summed E-state index contributed by atoms with van der Waals surface area (Å²) >= 11 is 14.0. The van der Waals surface area contributed by atoms with Crippen molar-refractivity contribution in [2.75, 3.05) is 5.32 Å². The van der Waals surface area contributed by atoms with Gasteiger partial charge in [0.1, 0.15) is 5.82 Å². The Labute approximate surface area is 218 Å². The van der Waals surface area contributed by atoms with Crippen LogP contribution in [0.1, 0.15) is 11.4 Å². The minimum Gasteiger partial charge on any atom is -0.331 e. The van der Waals surface area contributed by atoms with Crippen molar-refractivity contribution in [1.82, 2.24) is 20.1 Å². The number of carbonyl (C=O) groups excluding carboxylic acids is 1. The average molecular weight is 547 g/mol. The number of anilines is 1. The second kappa shape index (κ2) is 11.4. The van der Waals surface area contributed by atoms with Gasteiger partial charge in [0.15, 0.2) is 11.0 Å². The molecule has 0 spiro atoms. The van der Waals surface area contributed by atoms with Gasteiger partial charge in [-0.3, -0.25) is 14.7 Å². The Hall–Kier alpha value is -3.67. The quantitative estimate of drug-likeness (QED) is 0.153. The lowest BCUT2D eigenvalue weighted by Gasteiger charge is -2.13.